The topological polar surface area (TPSA) is 17.0 Å². The number of para-hydroxylation sites is 1. The Hall–Kier alpha value is -10.5. The van der Waals surface area contributed by atoms with Gasteiger partial charge in [0.25, 0.3) is 0 Å². The monoisotopic (exact) mass is 1090 g/mol. The van der Waals surface area contributed by atoms with Crippen molar-refractivity contribution < 1.29 is 0 Å². The molecular weight excluding hydrogens is 1020 g/mol. The third kappa shape index (κ3) is 9.82. The molecule has 1 aromatic heterocycles. The molecule has 2 nitrogen and oxygen atoms in total. The highest BCUT2D eigenvalue weighted by atomic mass is 15.0. The van der Waals surface area contributed by atoms with Crippen molar-refractivity contribution in [2.45, 2.75) is 33.1 Å². The van der Waals surface area contributed by atoms with E-state index in [2.05, 4.69) is 319 Å². The normalized spacial score (nSPS) is 11.9. The summed E-state index contributed by atoms with van der Waals surface area (Å²) < 4.78 is 2.43. The second-order valence-electron chi connectivity index (χ2n) is 21.2. The molecule has 0 saturated heterocycles. The molecule has 408 valence electrons. The van der Waals surface area contributed by atoms with Gasteiger partial charge in [0.2, 0.25) is 0 Å². The van der Waals surface area contributed by atoms with E-state index >= 15 is 0 Å². The lowest BCUT2D eigenvalue weighted by Gasteiger charge is -2.30. The van der Waals surface area contributed by atoms with Gasteiger partial charge in [-0.15, -0.1) is 0 Å². The molecule has 1 N–H and O–H groups in total. The van der Waals surface area contributed by atoms with Crippen LogP contribution in [0.2, 0.25) is 0 Å². The number of hydrogen-bond acceptors (Lipinski definition) is 1. The van der Waals surface area contributed by atoms with Crippen LogP contribution < -0.4 is 5.32 Å². The molecule has 14 aromatic rings. The number of benzene rings is 13. The van der Waals surface area contributed by atoms with Crippen LogP contribution in [0.25, 0.3) is 105 Å². The molecule has 0 fully saturated rings. The van der Waals surface area contributed by atoms with Gasteiger partial charge < -0.3 is 9.88 Å². The first-order valence-electron chi connectivity index (χ1n) is 30.0. The molecular formula is C83H66N2. The molecule has 2 aliphatic carbocycles. The molecule has 0 radical (unpaired) electrons. The van der Waals surface area contributed by atoms with Crippen molar-refractivity contribution in [1.29, 1.82) is 0 Å². The Kier molecular flexibility index (Phi) is 15.0. The third-order valence-electron chi connectivity index (χ3n) is 16.6. The average Bonchev–Trinajstić information content (AvgIpc) is 1.53. The predicted molar refractivity (Wildman–Crippen MR) is 363 cm³/mol. The molecule has 13 aromatic carbocycles. The molecule has 1 heterocycles. The highest BCUT2D eigenvalue weighted by Gasteiger charge is 2.51. The first-order chi connectivity index (χ1) is 42.2. The summed E-state index contributed by atoms with van der Waals surface area (Å²) in [6.07, 6.45) is 0. The van der Waals surface area contributed by atoms with E-state index in [1.807, 2.05) is 39.8 Å². The molecule has 0 unspecified atom stereocenters. The van der Waals surface area contributed by atoms with Crippen molar-refractivity contribution in [2.75, 3.05) is 5.32 Å². The number of fused-ring (bicyclic) bond motifs is 13. The fraction of sp³-hybridized carbons (Fsp3) is 0.0602. The first kappa shape index (κ1) is 53.8. The van der Waals surface area contributed by atoms with Gasteiger partial charge in [0, 0.05) is 27.8 Å². The van der Waals surface area contributed by atoms with Gasteiger partial charge in [-0.1, -0.05) is 289 Å². The second-order valence-corrected chi connectivity index (χ2v) is 21.2. The highest BCUT2D eigenvalue weighted by molar-refractivity contribution is 6.11. The summed E-state index contributed by atoms with van der Waals surface area (Å²) in [6, 6.07) is 117. The lowest BCUT2D eigenvalue weighted by molar-refractivity contribution is 0.794. The summed E-state index contributed by atoms with van der Waals surface area (Å²) in [5.74, 6) is 0. The molecule has 0 aliphatic heterocycles. The third-order valence-corrected chi connectivity index (χ3v) is 16.6. The minimum atomic E-state index is -0.372. The minimum absolute atomic E-state index is 0.372. The van der Waals surface area contributed by atoms with Gasteiger partial charge in [-0.25, -0.2) is 0 Å². The van der Waals surface area contributed by atoms with Crippen molar-refractivity contribution in [3.8, 4) is 83.6 Å². The number of nitrogens with zero attached hydrogens (tertiary/aromatic N) is 1. The first-order valence-corrected chi connectivity index (χ1v) is 30.0. The summed E-state index contributed by atoms with van der Waals surface area (Å²) in [5, 5.41) is 6.30. The number of rotatable bonds is 8. The Balaban J connectivity index is 0.000000369. The summed E-state index contributed by atoms with van der Waals surface area (Å²) in [7, 11) is 0. The molecule has 2 aliphatic rings. The van der Waals surface area contributed by atoms with Gasteiger partial charge in [0.15, 0.2) is 0 Å². The molecule has 0 atom stereocenters. The van der Waals surface area contributed by atoms with E-state index in [0.29, 0.717) is 0 Å². The van der Waals surface area contributed by atoms with Crippen molar-refractivity contribution in [3.63, 3.8) is 0 Å². The van der Waals surface area contributed by atoms with E-state index < -0.39 is 0 Å². The van der Waals surface area contributed by atoms with Crippen LogP contribution in [-0.2, 0) is 5.41 Å². The number of hydrogen-bond donors (Lipinski definition) is 1. The fourth-order valence-corrected chi connectivity index (χ4v) is 13.0. The maximum absolute atomic E-state index is 3.83. The standard InChI is InChI=1S/C67H44N2.C12H10.2C2H6/c1-3-16-44(17-4-1)50-38-51(45-18-5-2-6-19-45)41-54(40-50)69-65-29-14-10-25-59(65)60-42-49(34-37-66(60)69)47-32-30-46(31-33-47)48-20-15-21-52(39-48)68-53-35-36-58-57-24-9-13-28-63(57)67(64(58)43-53)61-26-11-7-22-55(61)56-23-8-12-27-62(56)67;1-3-7-11(8-4-1)12-9-5-2-6-10-12;2*1-2/h1-43,68H;1-10H;2*1-2H3. The summed E-state index contributed by atoms with van der Waals surface area (Å²) in [6.45, 7) is 8.00. The molecule has 0 amide bonds. The maximum atomic E-state index is 3.83. The maximum Gasteiger partial charge on any atom is 0.0726 e. The molecule has 85 heavy (non-hydrogen) atoms. The Morgan fingerprint density at radius 3 is 1.13 bits per heavy atom. The van der Waals surface area contributed by atoms with Crippen LogP contribution >= 0.6 is 0 Å². The smallest absolute Gasteiger partial charge is 0.0726 e. The molecule has 0 bridgehead atoms. The summed E-state index contributed by atoms with van der Waals surface area (Å²) in [4.78, 5) is 0. The Labute approximate surface area is 500 Å². The zero-order valence-electron chi connectivity index (χ0n) is 48.5. The van der Waals surface area contributed by atoms with Gasteiger partial charge in [-0.3, -0.25) is 0 Å². The van der Waals surface area contributed by atoms with Crippen LogP contribution in [0.3, 0.4) is 0 Å². The Bertz CT molecular complexity index is 4470. The van der Waals surface area contributed by atoms with Gasteiger partial charge in [-0.2, -0.15) is 0 Å². The fourth-order valence-electron chi connectivity index (χ4n) is 13.0. The minimum Gasteiger partial charge on any atom is -0.355 e. The Morgan fingerprint density at radius 2 is 0.612 bits per heavy atom. The Morgan fingerprint density at radius 1 is 0.235 bits per heavy atom. The van der Waals surface area contributed by atoms with Gasteiger partial charge in [-0.05, 0) is 161 Å². The summed E-state index contributed by atoms with van der Waals surface area (Å²) in [5.41, 5.74) is 28.0. The van der Waals surface area contributed by atoms with Gasteiger partial charge >= 0.3 is 0 Å². The lowest BCUT2D eigenvalue weighted by Crippen LogP contribution is -2.25. The second kappa shape index (κ2) is 23.7. The zero-order valence-corrected chi connectivity index (χ0v) is 48.5. The van der Waals surface area contributed by atoms with Gasteiger partial charge in [0.05, 0.1) is 16.4 Å². The number of anilines is 2. The van der Waals surface area contributed by atoms with Crippen LogP contribution in [0.4, 0.5) is 11.4 Å². The molecule has 2 heteroatoms. The molecule has 16 rings (SSSR count). The largest absolute Gasteiger partial charge is 0.355 e. The summed E-state index contributed by atoms with van der Waals surface area (Å²) >= 11 is 0. The average molecular weight is 1090 g/mol. The van der Waals surface area contributed by atoms with E-state index in [1.165, 1.54) is 122 Å². The quantitative estimate of drug-likeness (QED) is 0.160. The number of nitrogens with one attached hydrogen (secondary N) is 1. The van der Waals surface area contributed by atoms with E-state index in [-0.39, 0.29) is 5.41 Å². The molecule has 1 spiro atoms. The van der Waals surface area contributed by atoms with Crippen molar-refractivity contribution in [3.05, 3.63) is 344 Å². The van der Waals surface area contributed by atoms with Crippen molar-refractivity contribution in [2.24, 2.45) is 0 Å². The van der Waals surface area contributed by atoms with E-state index in [1.54, 1.807) is 0 Å². The van der Waals surface area contributed by atoms with Gasteiger partial charge in [0.1, 0.15) is 0 Å². The number of aromatic nitrogens is 1. The van der Waals surface area contributed by atoms with E-state index in [4.69, 9.17) is 0 Å². The lowest BCUT2D eigenvalue weighted by atomic mass is 9.70. The zero-order chi connectivity index (χ0) is 57.7. The highest BCUT2D eigenvalue weighted by Crippen LogP contribution is 2.63. The van der Waals surface area contributed by atoms with E-state index in [0.717, 1.165) is 17.1 Å². The van der Waals surface area contributed by atoms with Crippen LogP contribution in [-0.4, -0.2) is 4.57 Å². The van der Waals surface area contributed by atoms with Crippen molar-refractivity contribution >= 4 is 33.2 Å². The predicted octanol–water partition coefficient (Wildman–Crippen LogP) is 22.9. The van der Waals surface area contributed by atoms with E-state index in [9.17, 15) is 0 Å². The van der Waals surface area contributed by atoms with Crippen LogP contribution in [0.5, 0.6) is 0 Å². The molecule has 0 saturated carbocycles. The SMILES string of the molecule is CC.CC.c1ccc(-c2cc(-c3ccccc3)cc(-n3c4ccccc4c4cc(-c5ccc(-c6cccc(Nc7ccc8c(c7)C7(c9ccccc9-c9ccccc97)c7ccccc7-8)c6)cc5)ccc43)c2)cc1.c1ccc(-c2ccccc2)cc1. The van der Waals surface area contributed by atoms with Crippen LogP contribution in [0.1, 0.15) is 49.9 Å². The van der Waals surface area contributed by atoms with Crippen molar-refractivity contribution in [1.82, 2.24) is 4.57 Å². The van der Waals surface area contributed by atoms with Crippen LogP contribution in [0.15, 0.2) is 322 Å². The van der Waals surface area contributed by atoms with Crippen LogP contribution in [0, 0.1) is 0 Å².